The van der Waals surface area contributed by atoms with E-state index in [2.05, 4.69) is 24.4 Å². The van der Waals surface area contributed by atoms with Gasteiger partial charge in [0.1, 0.15) is 0 Å². The van der Waals surface area contributed by atoms with Gasteiger partial charge in [-0.05, 0) is 38.6 Å². The molecule has 0 radical (unpaired) electrons. The number of hydrogen-bond acceptors (Lipinski definition) is 3. The predicted molar refractivity (Wildman–Crippen MR) is 125 cm³/mol. The van der Waals surface area contributed by atoms with Gasteiger partial charge in [-0.25, -0.2) is 0 Å². The summed E-state index contributed by atoms with van der Waals surface area (Å²) in [6, 6.07) is 0. The Morgan fingerprint density at radius 1 is 0.654 bits per heavy atom. The molecule has 0 aliphatic heterocycles. The van der Waals surface area contributed by atoms with Crippen LogP contribution in [0, 0.1) is 0 Å². The number of unbranched alkanes of at least 4 members (excludes halogenated alkanes) is 14. The van der Waals surface area contributed by atoms with Crippen molar-refractivity contribution < 1.29 is 10.2 Å². The van der Waals surface area contributed by atoms with Gasteiger partial charge in [0.2, 0.25) is 0 Å². The third-order valence-electron chi connectivity index (χ3n) is 4.69. The van der Waals surface area contributed by atoms with Crippen molar-refractivity contribution in [1.82, 2.24) is 5.32 Å². The molecule has 0 aromatic rings. The molecule has 0 aliphatic rings. The third kappa shape index (κ3) is 26.6. The van der Waals surface area contributed by atoms with Gasteiger partial charge in [-0.2, -0.15) is 0 Å². The standard InChI is InChI=1S/C22H45NO2.HI/c1-2-3-4-5-6-7-8-9-10-11-12-13-14-15-16-17-18-19-20-23-21-22(24)25;/h9-10,22-25H,2-8,11-21H2,1H3;1H. The van der Waals surface area contributed by atoms with E-state index in [4.69, 9.17) is 10.2 Å². The fourth-order valence-electron chi connectivity index (χ4n) is 3.08. The summed E-state index contributed by atoms with van der Waals surface area (Å²) < 4.78 is 0. The molecule has 0 amide bonds. The molecule has 26 heavy (non-hydrogen) atoms. The van der Waals surface area contributed by atoms with E-state index in [1.807, 2.05) is 0 Å². The van der Waals surface area contributed by atoms with Gasteiger partial charge < -0.3 is 15.5 Å². The van der Waals surface area contributed by atoms with Gasteiger partial charge in [-0.15, -0.1) is 24.0 Å². The summed E-state index contributed by atoms with van der Waals surface area (Å²) in [4.78, 5) is 0. The van der Waals surface area contributed by atoms with Crippen molar-refractivity contribution in [3.8, 4) is 0 Å². The van der Waals surface area contributed by atoms with Crippen molar-refractivity contribution in [3.63, 3.8) is 0 Å². The fourth-order valence-corrected chi connectivity index (χ4v) is 3.08. The highest BCUT2D eigenvalue weighted by atomic mass is 127. The first-order valence-electron chi connectivity index (χ1n) is 11.0. The second-order valence-corrected chi connectivity index (χ2v) is 7.33. The number of hydrogen-bond donors (Lipinski definition) is 3. The Kier molecular flexibility index (Phi) is 27.8. The monoisotopic (exact) mass is 483 g/mol. The van der Waals surface area contributed by atoms with Crippen LogP contribution in [0.1, 0.15) is 110 Å². The summed E-state index contributed by atoms with van der Waals surface area (Å²) in [5, 5.41) is 20.4. The Hall–Kier alpha value is 0.350. The molecule has 0 aromatic carbocycles. The second kappa shape index (κ2) is 25.4. The first-order chi connectivity index (χ1) is 12.3. The minimum Gasteiger partial charge on any atom is -0.367 e. The number of aliphatic hydroxyl groups is 2. The van der Waals surface area contributed by atoms with E-state index in [9.17, 15) is 0 Å². The van der Waals surface area contributed by atoms with Gasteiger partial charge in [0.15, 0.2) is 6.29 Å². The van der Waals surface area contributed by atoms with Crippen LogP contribution in [0.2, 0.25) is 0 Å². The van der Waals surface area contributed by atoms with Crippen LogP contribution < -0.4 is 5.32 Å². The third-order valence-corrected chi connectivity index (χ3v) is 4.69. The van der Waals surface area contributed by atoms with E-state index in [0.717, 1.165) is 13.0 Å². The Labute approximate surface area is 180 Å². The van der Waals surface area contributed by atoms with Crippen molar-refractivity contribution >= 4 is 24.0 Å². The van der Waals surface area contributed by atoms with Crippen LogP contribution in [0.25, 0.3) is 0 Å². The lowest BCUT2D eigenvalue weighted by atomic mass is 10.1. The zero-order valence-electron chi connectivity index (χ0n) is 17.3. The normalized spacial score (nSPS) is 11.4. The number of allylic oxidation sites excluding steroid dienone is 2. The molecule has 0 saturated heterocycles. The van der Waals surface area contributed by atoms with Crippen molar-refractivity contribution in [2.24, 2.45) is 0 Å². The SMILES string of the molecule is CCCCCCCCC=CCCCCCCCCCCNCC(O)O.I. The van der Waals surface area contributed by atoms with Crippen molar-refractivity contribution in [3.05, 3.63) is 12.2 Å². The first-order valence-corrected chi connectivity index (χ1v) is 11.0. The average molecular weight is 484 g/mol. The molecule has 0 atom stereocenters. The highest BCUT2D eigenvalue weighted by Crippen LogP contribution is 2.11. The second-order valence-electron chi connectivity index (χ2n) is 7.33. The lowest BCUT2D eigenvalue weighted by Crippen LogP contribution is -2.26. The molecule has 0 spiro atoms. The van der Waals surface area contributed by atoms with Gasteiger partial charge in [-0.1, -0.05) is 89.7 Å². The van der Waals surface area contributed by atoms with E-state index in [1.165, 1.54) is 96.3 Å². The summed E-state index contributed by atoms with van der Waals surface area (Å²) in [7, 11) is 0. The van der Waals surface area contributed by atoms with E-state index >= 15 is 0 Å². The van der Waals surface area contributed by atoms with E-state index < -0.39 is 6.29 Å². The molecule has 0 bridgehead atoms. The highest BCUT2D eigenvalue weighted by Gasteiger charge is 1.95. The Bertz CT molecular complexity index is 273. The molecule has 3 N–H and O–H groups in total. The van der Waals surface area contributed by atoms with Crippen LogP contribution in [0.3, 0.4) is 0 Å². The Morgan fingerprint density at radius 3 is 1.54 bits per heavy atom. The maximum absolute atomic E-state index is 8.69. The number of rotatable bonds is 20. The molecular formula is C22H46INO2. The van der Waals surface area contributed by atoms with Crippen LogP contribution >= 0.6 is 24.0 Å². The fraction of sp³-hybridized carbons (Fsp3) is 0.909. The Morgan fingerprint density at radius 2 is 1.08 bits per heavy atom. The van der Waals surface area contributed by atoms with E-state index in [1.54, 1.807) is 0 Å². The lowest BCUT2D eigenvalue weighted by Gasteiger charge is -2.06. The van der Waals surface area contributed by atoms with E-state index in [0.29, 0.717) is 0 Å². The highest BCUT2D eigenvalue weighted by molar-refractivity contribution is 14.0. The molecule has 0 rings (SSSR count). The average Bonchev–Trinajstić information content (AvgIpc) is 2.60. The largest absolute Gasteiger partial charge is 0.367 e. The van der Waals surface area contributed by atoms with Gasteiger partial charge in [0, 0.05) is 6.54 Å². The number of nitrogens with one attached hydrogen (secondary N) is 1. The van der Waals surface area contributed by atoms with Crippen molar-refractivity contribution in [1.29, 1.82) is 0 Å². The summed E-state index contributed by atoms with van der Waals surface area (Å²) in [6.07, 6.45) is 25.0. The van der Waals surface area contributed by atoms with Crippen LogP contribution in [0.4, 0.5) is 0 Å². The molecule has 4 heteroatoms. The Balaban J connectivity index is 0. The van der Waals surface area contributed by atoms with Gasteiger partial charge in [0.05, 0.1) is 0 Å². The number of halogens is 1. The molecule has 0 heterocycles. The van der Waals surface area contributed by atoms with Crippen molar-refractivity contribution in [2.45, 2.75) is 116 Å². The smallest absolute Gasteiger partial charge is 0.164 e. The van der Waals surface area contributed by atoms with E-state index in [-0.39, 0.29) is 30.5 Å². The zero-order chi connectivity index (χ0) is 18.4. The molecule has 0 aliphatic carbocycles. The summed E-state index contributed by atoms with van der Waals surface area (Å²) in [6.45, 7) is 3.45. The molecule has 158 valence electrons. The summed E-state index contributed by atoms with van der Waals surface area (Å²) in [5.41, 5.74) is 0. The van der Waals surface area contributed by atoms with Crippen LogP contribution in [-0.2, 0) is 0 Å². The van der Waals surface area contributed by atoms with Crippen LogP contribution in [0.5, 0.6) is 0 Å². The summed E-state index contributed by atoms with van der Waals surface area (Å²) in [5.74, 6) is 0. The first kappa shape index (κ1) is 28.6. The van der Waals surface area contributed by atoms with Crippen molar-refractivity contribution in [2.75, 3.05) is 13.1 Å². The molecular weight excluding hydrogens is 437 g/mol. The minimum absolute atomic E-state index is 0. The molecule has 0 unspecified atom stereocenters. The minimum atomic E-state index is -1.22. The van der Waals surface area contributed by atoms with Gasteiger partial charge >= 0.3 is 0 Å². The predicted octanol–water partition coefficient (Wildman–Crippen LogP) is 6.32. The maximum Gasteiger partial charge on any atom is 0.164 e. The van der Waals surface area contributed by atoms with Gasteiger partial charge in [0.25, 0.3) is 0 Å². The lowest BCUT2D eigenvalue weighted by molar-refractivity contribution is -0.0370. The van der Waals surface area contributed by atoms with Crippen LogP contribution in [-0.4, -0.2) is 29.6 Å². The topological polar surface area (TPSA) is 52.5 Å². The number of aliphatic hydroxyl groups excluding tert-OH is 1. The van der Waals surface area contributed by atoms with Gasteiger partial charge in [-0.3, -0.25) is 0 Å². The molecule has 0 fully saturated rings. The van der Waals surface area contributed by atoms with Crippen LogP contribution in [0.15, 0.2) is 12.2 Å². The maximum atomic E-state index is 8.69. The summed E-state index contributed by atoms with van der Waals surface area (Å²) >= 11 is 0. The molecule has 3 nitrogen and oxygen atoms in total. The quantitative estimate of drug-likeness (QED) is 0.0822. The molecule has 0 aromatic heterocycles. The zero-order valence-corrected chi connectivity index (χ0v) is 19.6. The molecule has 0 saturated carbocycles.